The summed E-state index contributed by atoms with van der Waals surface area (Å²) in [6.45, 7) is 1.60. The highest BCUT2D eigenvalue weighted by Gasteiger charge is 2.40. The summed E-state index contributed by atoms with van der Waals surface area (Å²) >= 11 is 4.75. The van der Waals surface area contributed by atoms with Crippen LogP contribution < -0.4 is 5.48 Å². The summed E-state index contributed by atoms with van der Waals surface area (Å²) in [7, 11) is 0. The van der Waals surface area contributed by atoms with Gasteiger partial charge in [-0.2, -0.15) is 12.6 Å². The molecule has 184 valence electrons. The van der Waals surface area contributed by atoms with Crippen molar-refractivity contribution >= 4 is 42.8 Å². The average Bonchev–Trinajstić information content (AvgIpc) is 3.58. The molecule has 1 amide bonds. The number of hydroxylamine groups is 1. The van der Waals surface area contributed by atoms with Gasteiger partial charge in [0.1, 0.15) is 5.82 Å². The number of halogens is 2. The van der Waals surface area contributed by atoms with Crippen LogP contribution in [-0.4, -0.2) is 55.1 Å². The first-order chi connectivity index (χ1) is 16.0. The molecule has 0 spiro atoms. The molecule has 2 atom stereocenters. The van der Waals surface area contributed by atoms with E-state index >= 15 is 0 Å². The minimum atomic E-state index is -0.608. The van der Waals surface area contributed by atoms with Gasteiger partial charge in [0.25, 0.3) is 0 Å². The summed E-state index contributed by atoms with van der Waals surface area (Å²) in [4.78, 5) is 26.5. The van der Waals surface area contributed by atoms with Gasteiger partial charge < -0.3 is 0 Å². The van der Waals surface area contributed by atoms with Crippen LogP contribution >= 0.6 is 25.0 Å². The zero-order valence-corrected chi connectivity index (χ0v) is 20.3. The number of amides is 1. The highest BCUT2D eigenvalue weighted by atomic mass is 35.5. The number of aryl methyl sites for hydroxylation is 1. The van der Waals surface area contributed by atoms with Crippen LogP contribution in [0.3, 0.4) is 0 Å². The minimum Gasteiger partial charge on any atom is -0.297 e. The van der Waals surface area contributed by atoms with E-state index in [-0.39, 0.29) is 41.6 Å². The van der Waals surface area contributed by atoms with E-state index in [0.29, 0.717) is 31.6 Å². The Labute approximate surface area is 209 Å². The largest absolute Gasteiger partial charge is 0.297 e. The Hall–Kier alpha value is -2.27. The molecule has 0 bridgehead atoms. The fraction of sp³-hybridized carbons (Fsp3) is 0.478. The van der Waals surface area contributed by atoms with Crippen molar-refractivity contribution < 1.29 is 19.2 Å². The number of hydrogen-bond acceptors (Lipinski definition) is 7. The van der Waals surface area contributed by atoms with Crippen LogP contribution in [0.4, 0.5) is 4.39 Å². The molecule has 2 N–H and O–H groups in total. The van der Waals surface area contributed by atoms with Crippen LogP contribution in [0, 0.1) is 11.7 Å². The lowest BCUT2D eigenvalue weighted by Gasteiger charge is -2.37. The molecule has 1 aliphatic heterocycles. The SMILES string of the molecule is Cl.O=C(CCCn1nncc1C=C1CN(C(C(=O)C2CC2)c2ccccc2F)CCC1S)NO. The molecule has 2 aliphatic rings. The van der Waals surface area contributed by atoms with Gasteiger partial charge in [-0.3, -0.25) is 19.7 Å². The number of Topliss-reactive ketones (excluding diaryl/α,β-unsaturated/α-hetero) is 1. The molecule has 1 saturated carbocycles. The standard InChI is InChI=1S/C23H28FN5O3S.ClH/c24-19-5-2-1-4-18(19)22(23(31)15-7-8-15)28-11-9-20(33)16(14-28)12-17-13-25-27-29(17)10-3-6-21(30)26-32;/h1-2,4-5,12-13,15,20,22,32-33H,3,6-11,14H2,(H,26,30);1H. The lowest BCUT2D eigenvalue weighted by atomic mass is 9.93. The quantitative estimate of drug-likeness (QED) is 0.272. The second kappa shape index (κ2) is 11.9. The Morgan fingerprint density at radius 3 is 2.76 bits per heavy atom. The predicted molar refractivity (Wildman–Crippen MR) is 130 cm³/mol. The third-order valence-corrected chi connectivity index (χ3v) is 6.79. The number of nitrogens with zero attached hydrogens (tertiary/aromatic N) is 4. The second-order valence-electron chi connectivity index (χ2n) is 8.62. The zero-order chi connectivity index (χ0) is 23.4. The Bertz CT molecular complexity index is 1050. The number of piperidine rings is 1. The zero-order valence-electron chi connectivity index (χ0n) is 18.6. The number of benzene rings is 1. The molecule has 34 heavy (non-hydrogen) atoms. The number of ketones is 1. The Kier molecular flexibility index (Phi) is 9.24. The van der Waals surface area contributed by atoms with E-state index in [0.717, 1.165) is 30.5 Å². The Morgan fingerprint density at radius 1 is 1.29 bits per heavy atom. The molecule has 2 unspecified atom stereocenters. The highest BCUT2D eigenvalue weighted by Crippen LogP contribution is 2.39. The lowest BCUT2D eigenvalue weighted by Crippen LogP contribution is -2.42. The number of thiol groups is 1. The van der Waals surface area contributed by atoms with Crippen molar-refractivity contribution in [2.24, 2.45) is 5.92 Å². The molecular weight excluding hydrogens is 481 g/mol. The maximum atomic E-state index is 14.7. The molecule has 2 aromatic rings. The fourth-order valence-electron chi connectivity index (χ4n) is 4.26. The topological polar surface area (TPSA) is 100 Å². The number of hydrogen-bond donors (Lipinski definition) is 3. The minimum absolute atomic E-state index is 0. The van der Waals surface area contributed by atoms with E-state index in [4.69, 9.17) is 17.8 Å². The molecule has 8 nitrogen and oxygen atoms in total. The van der Waals surface area contributed by atoms with Crippen LogP contribution in [-0.2, 0) is 16.1 Å². The molecule has 2 fully saturated rings. The van der Waals surface area contributed by atoms with Crippen molar-refractivity contribution in [2.75, 3.05) is 13.1 Å². The Balaban J connectivity index is 0.00000324. The van der Waals surface area contributed by atoms with Gasteiger partial charge in [0.2, 0.25) is 5.91 Å². The number of likely N-dealkylation sites (tertiary alicyclic amines) is 1. The van der Waals surface area contributed by atoms with Crippen LogP contribution in [0.15, 0.2) is 36.0 Å². The first-order valence-electron chi connectivity index (χ1n) is 11.2. The maximum Gasteiger partial charge on any atom is 0.243 e. The lowest BCUT2D eigenvalue weighted by molar-refractivity contribution is -0.129. The molecule has 2 heterocycles. The molecule has 0 radical (unpaired) electrons. The van der Waals surface area contributed by atoms with E-state index in [2.05, 4.69) is 15.2 Å². The summed E-state index contributed by atoms with van der Waals surface area (Å²) in [5, 5.41) is 16.7. The third kappa shape index (κ3) is 6.24. The number of aromatic nitrogens is 3. The average molecular weight is 510 g/mol. The second-order valence-corrected chi connectivity index (χ2v) is 9.24. The van der Waals surface area contributed by atoms with Gasteiger partial charge in [0.05, 0.1) is 17.9 Å². The van der Waals surface area contributed by atoms with Crippen LogP contribution in [0.1, 0.15) is 49.4 Å². The van der Waals surface area contributed by atoms with Gasteiger partial charge in [0.15, 0.2) is 5.78 Å². The van der Waals surface area contributed by atoms with Crippen molar-refractivity contribution in [2.45, 2.75) is 49.9 Å². The molecule has 11 heteroatoms. The van der Waals surface area contributed by atoms with Gasteiger partial charge in [-0.05, 0) is 43.4 Å². The van der Waals surface area contributed by atoms with E-state index in [1.807, 2.05) is 6.08 Å². The molecule has 4 rings (SSSR count). The monoisotopic (exact) mass is 509 g/mol. The summed E-state index contributed by atoms with van der Waals surface area (Å²) < 4.78 is 16.4. The van der Waals surface area contributed by atoms with Crippen molar-refractivity contribution in [1.82, 2.24) is 25.4 Å². The van der Waals surface area contributed by atoms with Crippen LogP contribution in [0.25, 0.3) is 6.08 Å². The van der Waals surface area contributed by atoms with Crippen molar-refractivity contribution in [3.8, 4) is 0 Å². The molecule has 1 aromatic heterocycles. The molecular formula is C23H29ClFN5O3S. The van der Waals surface area contributed by atoms with Crippen molar-refractivity contribution in [3.63, 3.8) is 0 Å². The summed E-state index contributed by atoms with van der Waals surface area (Å²) in [6.07, 6.45) is 6.74. The van der Waals surface area contributed by atoms with Crippen molar-refractivity contribution in [1.29, 1.82) is 0 Å². The summed E-state index contributed by atoms with van der Waals surface area (Å²) in [5.41, 5.74) is 3.83. The smallest absolute Gasteiger partial charge is 0.243 e. The first kappa shape index (κ1) is 26.3. The maximum absolute atomic E-state index is 14.7. The van der Waals surface area contributed by atoms with Gasteiger partial charge in [-0.15, -0.1) is 17.5 Å². The van der Waals surface area contributed by atoms with Crippen LogP contribution in [0.5, 0.6) is 0 Å². The van der Waals surface area contributed by atoms with E-state index in [1.165, 1.54) is 6.07 Å². The van der Waals surface area contributed by atoms with Gasteiger partial charge in [-0.25, -0.2) is 14.6 Å². The number of carbonyl (C=O) groups excluding carboxylic acids is 2. The molecule has 1 aromatic carbocycles. The predicted octanol–water partition coefficient (Wildman–Crippen LogP) is 3.23. The number of nitrogens with one attached hydrogen (secondary N) is 1. The molecule has 1 aliphatic carbocycles. The van der Waals surface area contributed by atoms with Gasteiger partial charge >= 0.3 is 0 Å². The van der Waals surface area contributed by atoms with E-state index < -0.39 is 11.9 Å². The number of carbonyl (C=O) groups is 2. The van der Waals surface area contributed by atoms with E-state index in [9.17, 15) is 14.0 Å². The van der Waals surface area contributed by atoms with Crippen LogP contribution in [0.2, 0.25) is 0 Å². The van der Waals surface area contributed by atoms with Gasteiger partial charge in [0, 0.05) is 42.8 Å². The summed E-state index contributed by atoms with van der Waals surface area (Å²) in [6, 6.07) is 5.92. The third-order valence-electron chi connectivity index (χ3n) is 6.20. The summed E-state index contributed by atoms with van der Waals surface area (Å²) in [5.74, 6) is -0.708. The molecule has 1 saturated heterocycles. The first-order valence-corrected chi connectivity index (χ1v) is 11.7. The van der Waals surface area contributed by atoms with Gasteiger partial charge in [-0.1, -0.05) is 23.4 Å². The van der Waals surface area contributed by atoms with Crippen molar-refractivity contribution in [3.05, 3.63) is 53.1 Å². The Morgan fingerprint density at radius 2 is 2.06 bits per heavy atom. The van der Waals surface area contributed by atoms with E-state index in [1.54, 1.807) is 34.6 Å². The number of rotatable bonds is 9. The highest BCUT2D eigenvalue weighted by molar-refractivity contribution is 7.81. The fourth-order valence-corrected chi connectivity index (χ4v) is 4.53. The normalized spacial score (nSPS) is 20.6.